The molecule has 17 heavy (non-hydrogen) atoms. The van der Waals surface area contributed by atoms with Gasteiger partial charge in [-0.05, 0) is 19.1 Å². The van der Waals surface area contributed by atoms with Crippen molar-refractivity contribution in [1.29, 1.82) is 0 Å². The topological polar surface area (TPSA) is 35.6 Å². The maximum absolute atomic E-state index is 6.13. The summed E-state index contributed by atoms with van der Waals surface area (Å²) in [6.45, 7) is 1.96. The zero-order valence-corrected chi connectivity index (χ0v) is 10.3. The molecule has 5 heteroatoms. The molecule has 0 saturated carbocycles. The Hall–Kier alpha value is -1.81. The van der Waals surface area contributed by atoms with Crippen molar-refractivity contribution in [3.8, 4) is 5.82 Å². The highest BCUT2D eigenvalue weighted by atomic mass is 35.5. The molecule has 0 amide bonds. The van der Waals surface area contributed by atoms with E-state index in [1.807, 2.05) is 49.0 Å². The lowest BCUT2D eigenvalue weighted by Gasteiger charge is -2.02. The number of aryl methyl sites for hydroxylation is 2. The molecule has 4 nitrogen and oxygen atoms in total. The lowest BCUT2D eigenvalue weighted by molar-refractivity contribution is 0.702. The maximum atomic E-state index is 6.13. The molecular weight excluding hydrogens is 236 g/mol. The highest BCUT2D eigenvalue weighted by molar-refractivity contribution is 6.34. The molecule has 0 radical (unpaired) electrons. The lowest BCUT2D eigenvalue weighted by Crippen LogP contribution is -2.03. The number of hydrogen-bond donors (Lipinski definition) is 0. The van der Waals surface area contributed by atoms with Crippen LogP contribution < -0.4 is 0 Å². The van der Waals surface area contributed by atoms with E-state index in [1.54, 1.807) is 4.68 Å². The van der Waals surface area contributed by atoms with Gasteiger partial charge in [-0.3, -0.25) is 4.68 Å². The molecule has 3 aromatic rings. The number of rotatable bonds is 1. The minimum Gasteiger partial charge on any atom is -0.251 e. The summed E-state index contributed by atoms with van der Waals surface area (Å²) in [5.41, 5.74) is 1.94. The van der Waals surface area contributed by atoms with E-state index in [0.29, 0.717) is 5.15 Å². The quantitative estimate of drug-likeness (QED) is 0.662. The van der Waals surface area contributed by atoms with Crippen LogP contribution in [-0.2, 0) is 7.05 Å². The van der Waals surface area contributed by atoms with Gasteiger partial charge in [0, 0.05) is 18.5 Å². The Morgan fingerprint density at radius 2 is 1.94 bits per heavy atom. The molecular formula is C12H11ClN4. The standard InChI is InChI=1S/C12H11ClN4/c1-8-7-11(16(2)14-8)17-10-6-4-3-5-9(10)12(13)15-17/h3-7H,1-2H3. The normalized spacial score (nSPS) is 11.2. The highest BCUT2D eigenvalue weighted by Crippen LogP contribution is 2.25. The second-order valence-electron chi connectivity index (χ2n) is 3.99. The van der Waals surface area contributed by atoms with Gasteiger partial charge in [-0.25, -0.2) is 4.68 Å². The summed E-state index contributed by atoms with van der Waals surface area (Å²) in [6.07, 6.45) is 0. The summed E-state index contributed by atoms with van der Waals surface area (Å²) < 4.78 is 3.61. The van der Waals surface area contributed by atoms with Gasteiger partial charge in [-0.1, -0.05) is 23.7 Å². The molecule has 0 bridgehead atoms. The molecule has 0 aliphatic heterocycles. The van der Waals surface area contributed by atoms with Gasteiger partial charge in [-0.15, -0.1) is 0 Å². The SMILES string of the molecule is Cc1cc(-n2nc(Cl)c3ccccc32)n(C)n1. The van der Waals surface area contributed by atoms with E-state index in [-0.39, 0.29) is 0 Å². The van der Waals surface area contributed by atoms with Gasteiger partial charge >= 0.3 is 0 Å². The molecule has 2 aromatic heterocycles. The highest BCUT2D eigenvalue weighted by Gasteiger charge is 2.12. The van der Waals surface area contributed by atoms with E-state index in [9.17, 15) is 0 Å². The number of nitrogens with zero attached hydrogens (tertiary/aromatic N) is 4. The molecule has 0 atom stereocenters. The summed E-state index contributed by atoms with van der Waals surface area (Å²) in [5, 5.41) is 10.1. The Bertz CT molecular complexity index is 696. The first-order valence-corrected chi connectivity index (χ1v) is 5.69. The zero-order valence-electron chi connectivity index (χ0n) is 9.55. The molecule has 0 aliphatic carbocycles. The number of benzene rings is 1. The average molecular weight is 247 g/mol. The molecule has 0 N–H and O–H groups in total. The van der Waals surface area contributed by atoms with Crippen molar-refractivity contribution in [2.45, 2.75) is 6.92 Å². The summed E-state index contributed by atoms with van der Waals surface area (Å²) in [6, 6.07) is 9.87. The van der Waals surface area contributed by atoms with Crippen molar-refractivity contribution >= 4 is 22.5 Å². The first-order valence-electron chi connectivity index (χ1n) is 5.31. The summed E-state index contributed by atoms with van der Waals surface area (Å²) in [7, 11) is 1.90. The van der Waals surface area contributed by atoms with Crippen molar-refractivity contribution in [3.63, 3.8) is 0 Å². The van der Waals surface area contributed by atoms with Crippen LogP contribution >= 0.6 is 11.6 Å². The fraction of sp³-hybridized carbons (Fsp3) is 0.167. The molecule has 2 heterocycles. The van der Waals surface area contributed by atoms with Gasteiger partial charge in [0.2, 0.25) is 0 Å². The number of fused-ring (bicyclic) bond motifs is 1. The maximum Gasteiger partial charge on any atom is 0.159 e. The van der Waals surface area contributed by atoms with Crippen LogP contribution in [0.3, 0.4) is 0 Å². The van der Waals surface area contributed by atoms with Crippen LogP contribution in [0.25, 0.3) is 16.7 Å². The van der Waals surface area contributed by atoms with Gasteiger partial charge in [0.25, 0.3) is 0 Å². The minimum atomic E-state index is 0.513. The summed E-state index contributed by atoms with van der Waals surface area (Å²) in [5.74, 6) is 0.908. The number of aromatic nitrogens is 4. The van der Waals surface area contributed by atoms with E-state index in [4.69, 9.17) is 11.6 Å². The molecule has 0 spiro atoms. The second-order valence-corrected chi connectivity index (χ2v) is 4.35. The van der Waals surface area contributed by atoms with Gasteiger partial charge in [0.15, 0.2) is 11.0 Å². The van der Waals surface area contributed by atoms with Crippen LogP contribution in [0.15, 0.2) is 30.3 Å². The van der Waals surface area contributed by atoms with Gasteiger partial charge in [0.1, 0.15) is 0 Å². The fourth-order valence-electron chi connectivity index (χ4n) is 2.00. The van der Waals surface area contributed by atoms with Crippen LogP contribution in [0.2, 0.25) is 5.15 Å². The van der Waals surface area contributed by atoms with Crippen LogP contribution in [0.1, 0.15) is 5.69 Å². The van der Waals surface area contributed by atoms with E-state index in [1.165, 1.54) is 0 Å². The minimum absolute atomic E-state index is 0.513. The molecule has 0 unspecified atom stereocenters. The van der Waals surface area contributed by atoms with Gasteiger partial charge in [0.05, 0.1) is 11.2 Å². The van der Waals surface area contributed by atoms with E-state index < -0.39 is 0 Å². The summed E-state index contributed by atoms with van der Waals surface area (Å²) in [4.78, 5) is 0. The smallest absolute Gasteiger partial charge is 0.159 e. The van der Waals surface area contributed by atoms with Crippen molar-refractivity contribution in [1.82, 2.24) is 19.6 Å². The van der Waals surface area contributed by atoms with Crippen molar-refractivity contribution in [2.75, 3.05) is 0 Å². The fourth-order valence-corrected chi connectivity index (χ4v) is 2.23. The zero-order chi connectivity index (χ0) is 12.0. The van der Waals surface area contributed by atoms with Crippen molar-refractivity contribution in [2.24, 2.45) is 7.05 Å². The third-order valence-corrected chi connectivity index (χ3v) is 3.02. The average Bonchev–Trinajstić information content (AvgIpc) is 2.80. The van der Waals surface area contributed by atoms with Crippen LogP contribution in [-0.4, -0.2) is 19.6 Å². The molecule has 0 saturated heterocycles. The molecule has 0 aliphatic rings. The van der Waals surface area contributed by atoms with E-state index in [0.717, 1.165) is 22.4 Å². The van der Waals surface area contributed by atoms with Gasteiger partial charge in [-0.2, -0.15) is 10.2 Å². The summed E-state index contributed by atoms with van der Waals surface area (Å²) >= 11 is 6.13. The van der Waals surface area contributed by atoms with Crippen molar-refractivity contribution < 1.29 is 0 Å². The Morgan fingerprint density at radius 1 is 1.18 bits per heavy atom. The first-order chi connectivity index (χ1) is 8.16. The number of hydrogen-bond acceptors (Lipinski definition) is 2. The van der Waals surface area contributed by atoms with E-state index >= 15 is 0 Å². The van der Waals surface area contributed by atoms with Crippen molar-refractivity contribution in [3.05, 3.63) is 41.2 Å². The third kappa shape index (κ3) is 1.52. The molecule has 0 fully saturated rings. The molecule has 86 valence electrons. The number of para-hydroxylation sites is 1. The Balaban J connectivity index is 2.34. The van der Waals surface area contributed by atoms with Crippen LogP contribution in [0.4, 0.5) is 0 Å². The Labute approximate surface area is 103 Å². The third-order valence-electron chi connectivity index (χ3n) is 2.74. The predicted molar refractivity (Wildman–Crippen MR) is 67.6 cm³/mol. The molecule has 1 aromatic carbocycles. The van der Waals surface area contributed by atoms with E-state index in [2.05, 4.69) is 10.2 Å². The Kier molecular flexibility index (Phi) is 2.19. The Morgan fingerprint density at radius 3 is 2.65 bits per heavy atom. The van der Waals surface area contributed by atoms with Crippen LogP contribution in [0, 0.1) is 6.92 Å². The van der Waals surface area contributed by atoms with Gasteiger partial charge < -0.3 is 0 Å². The second kappa shape index (κ2) is 3.60. The lowest BCUT2D eigenvalue weighted by atomic mass is 10.2. The first kappa shape index (κ1) is 10.4. The number of halogens is 1. The predicted octanol–water partition coefficient (Wildman–Crippen LogP) is 2.72. The largest absolute Gasteiger partial charge is 0.251 e. The molecule has 3 rings (SSSR count). The monoisotopic (exact) mass is 246 g/mol. The van der Waals surface area contributed by atoms with Crippen LogP contribution in [0.5, 0.6) is 0 Å².